The summed E-state index contributed by atoms with van der Waals surface area (Å²) in [5.74, 6) is 2.66. The third-order valence-corrected chi connectivity index (χ3v) is 10.1. The molecule has 4 aliphatic carbocycles. The van der Waals surface area contributed by atoms with E-state index in [1.165, 1.54) is 51.4 Å². The highest BCUT2D eigenvalue weighted by molar-refractivity contribution is 6.48. The van der Waals surface area contributed by atoms with Gasteiger partial charge in [0.05, 0.1) is 11.5 Å². The minimum absolute atomic E-state index is 0.149. The molecule has 4 aliphatic rings. The van der Waals surface area contributed by atoms with E-state index in [-0.39, 0.29) is 11.5 Å². The van der Waals surface area contributed by atoms with Gasteiger partial charge in [-0.3, -0.25) is 4.79 Å². The molecule has 0 bridgehead atoms. The smallest absolute Gasteiger partial charge is 0.171 e. The van der Waals surface area contributed by atoms with E-state index in [1.54, 1.807) is 5.57 Å². The molecule has 0 spiro atoms. The van der Waals surface area contributed by atoms with E-state index in [1.807, 2.05) is 0 Å². The fourth-order valence-corrected chi connectivity index (χ4v) is 8.98. The Kier molecular flexibility index (Phi) is 5.97. The first-order valence-corrected chi connectivity index (χ1v) is 15.1. The summed E-state index contributed by atoms with van der Waals surface area (Å²) in [6.45, 7) is 9.41. The molecule has 0 aromatic heterocycles. The second-order valence-electron chi connectivity index (χ2n) is 10.8. The zero-order valence-corrected chi connectivity index (χ0v) is 19.9. The van der Waals surface area contributed by atoms with Crippen molar-refractivity contribution in [3.8, 4) is 0 Å². The highest BCUT2D eigenvalue weighted by Gasteiger charge is 2.62. The zero-order chi connectivity index (χ0) is 19.9. The molecule has 4 rings (SSSR count). The maximum Gasteiger partial charge on any atom is 0.171 e. The van der Waals surface area contributed by atoms with Crippen LogP contribution >= 0.6 is 0 Å². The summed E-state index contributed by atoms with van der Waals surface area (Å²) in [5, 5.41) is 0. The molecule has 0 N–H and O–H groups in total. The molecule has 0 aromatic rings. The predicted octanol–water partition coefficient (Wildman–Crippen LogP) is 6.45. The van der Waals surface area contributed by atoms with E-state index < -0.39 is 9.04 Å². The van der Waals surface area contributed by atoms with Crippen LogP contribution < -0.4 is 0 Å². The molecule has 3 heteroatoms. The summed E-state index contributed by atoms with van der Waals surface area (Å²) >= 11 is 0. The first-order chi connectivity index (χ1) is 13.4. The SMILES string of the molecule is CCCCC(O[SiH](C)C)[C@]12CC[C@H]3[C@@H](CC=C4CCCC[C@@]43C)[C@@H]1CCC2=O. The van der Waals surface area contributed by atoms with Gasteiger partial charge in [0.15, 0.2) is 9.04 Å². The van der Waals surface area contributed by atoms with Gasteiger partial charge < -0.3 is 4.43 Å². The van der Waals surface area contributed by atoms with Crippen LogP contribution in [0.25, 0.3) is 0 Å². The lowest BCUT2D eigenvalue weighted by Gasteiger charge is -2.58. The highest BCUT2D eigenvalue weighted by Crippen LogP contribution is 2.65. The number of hydrogen-bond donors (Lipinski definition) is 0. The number of ketones is 1. The van der Waals surface area contributed by atoms with Crippen molar-refractivity contribution in [3.63, 3.8) is 0 Å². The lowest BCUT2D eigenvalue weighted by molar-refractivity contribution is -0.145. The van der Waals surface area contributed by atoms with E-state index in [0.717, 1.165) is 31.6 Å². The summed E-state index contributed by atoms with van der Waals surface area (Å²) in [6.07, 6.45) is 17.3. The third kappa shape index (κ3) is 3.19. The Morgan fingerprint density at radius 1 is 1.18 bits per heavy atom. The van der Waals surface area contributed by atoms with Crippen LogP contribution in [0, 0.1) is 28.6 Å². The molecule has 28 heavy (non-hydrogen) atoms. The molecule has 3 saturated carbocycles. The summed E-state index contributed by atoms with van der Waals surface area (Å²) in [6, 6.07) is 0. The van der Waals surface area contributed by atoms with Crippen LogP contribution in [0.15, 0.2) is 11.6 Å². The second-order valence-corrected chi connectivity index (χ2v) is 13.2. The number of carbonyl (C=O) groups is 1. The van der Waals surface area contributed by atoms with Crippen molar-refractivity contribution in [2.24, 2.45) is 28.6 Å². The maximum atomic E-state index is 13.5. The van der Waals surface area contributed by atoms with Crippen molar-refractivity contribution in [1.82, 2.24) is 0 Å². The van der Waals surface area contributed by atoms with E-state index in [4.69, 9.17) is 4.43 Å². The Labute approximate surface area is 174 Å². The summed E-state index contributed by atoms with van der Waals surface area (Å²) in [7, 11) is -1.17. The van der Waals surface area contributed by atoms with Crippen LogP contribution in [-0.2, 0) is 9.22 Å². The van der Waals surface area contributed by atoms with Gasteiger partial charge in [-0.1, -0.05) is 44.8 Å². The van der Waals surface area contributed by atoms with Crippen LogP contribution in [0.2, 0.25) is 13.1 Å². The van der Waals surface area contributed by atoms with Gasteiger partial charge in [-0.25, -0.2) is 0 Å². The molecular formula is C25H42O2Si. The van der Waals surface area contributed by atoms with Crippen molar-refractivity contribution in [2.45, 2.75) is 110 Å². The molecule has 0 aromatic carbocycles. The van der Waals surface area contributed by atoms with Gasteiger partial charge in [0.1, 0.15) is 5.78 Å². The van der Waals surface area contributed by atoms with E-state index in [0.29, 0.717) is 23.0 Å². The minimum Gasteiger partial charge on any atom is -0.417 e. The largest absolute Gasteiger partial charge is 0.417 e. The van der Waals surface area contributed by atoms with Crippen molar-refractivity contribution < 1.29 is 9.22 Å². The molecule has 2 nitrogen and oxygen atoms in total. The lowest BCUT2D eigenvalue weighted by Crippen LogP contribution is -2.56. The van der Waals surface area contributed by atoms with Crippen LogP contribution in [0.5, 0.6) is 0 Å². The number of carbonyl (C=O) groups excluding carboxylic acids is 1. The van der Waals surface area contributed by atoms with Gasteiger partial charge in [0.2, 0.25) is 0 Å². The first kappa shape index (κ1) is 20.8. The molecule has 0 radical (unpaired) electrons. The standard InChI is InChI=1S/C25H42O2Si/c1-5-6-10-23(27-28(3)4)25-17-15-20-19(21(25)13-14-22(25)26)12-11-18-9-7-8-16-24(18,20)2/h11,19-21,23,28H,5-10,12-17H2,1-4H3/t19-,20+,21+,23?,24+,25-/m1/s1. The van der Waals surface area contributed by atoms with Crippen molar-refractivity contribution in [3.05, 3.63) is 11.6 Å². The average Bonchev–Trinajstić information content (AvgIpc) is 3.02. The van der Waals surface area contributed by atoms with Crippen LogP contribution in [-0.4, -0.2) is 20.9 Å². The van der Waals surface area contributed by atoms with Crippen molar-refractivity contribution >= 4 is 14.8 Å². The van der Waals surface area contributed by atoms with Crippen LogP contribution in [0.1, 0.15) is 90.9 Å². The number of rotatable bonds is 6. The third-order valence-electron chi connectivity index (χ3n) is 9.18. The topological polar surface area (TPSA) is 26.3 Å². The molecule has 158 valence electrons. The van der Waals surface area contributed by atoms with Gasteiger partial charge in [-0.15, -0.1) is 0 Å². The van der Waals surface area contributed by atoms with Crippen LogP contribution in [0.4, 0.5) is 0 Å². The van der Waals surface area contributed by atoms with Crippen LogP contribution in [0.3, 0.4) is 0 Å². The fourth-order valence-electron chi connectivity index (χ4n) is 7.95. The van der Waals surface area contributed by atoms with E-state index in [9.17, 15) is 4.79 Å². The molecule has 0 saturated heterocycles. The summed E-state index contributed by atoms with van der Waals surface area (Å²) in [4.78, 5) is 13.5. The predicted molar refractivity (Wildman–Crippen MR) is 119 cm³/mol. The molecule has 3 fully saturated rings. The molecule has 0 heterocycles. The summed E-state index contributed by atoms with van der Waals surface area (Å²) < 4.78 is 6.68. The normalized spacial score (nSPS) is 41.2. The minimum atomic E-state index is -1.17. The second kappa shape index (κ2) is 8.02. The molecular weight excluding hydrogens is 360 g/mol. The Morgan fingerprint density at radius 3 is 2.75 bits per heavy atom. The monoisotopic (exact) mass is 402 g/mol. The van der Waals surface area contributed by atoms with Gasteiger partial charge >= 0.3 is 0 Å². The number of unbranched alkanes of at least 4 members (excludes halogenated alkanes) is 1. The lowest BCUT2D eigenvalue weighted by atomic mass is 9.47. The zero-order valence-electron chi connectivity index (χ0n) is 18.8. The molecule has 0 amide bonds. The number of allylic oxidation sites excluding steroid dienone is 2. The Morgan fingerprint density at radius 2 is 2.00 bits per heavy atom. The Balaban J connectivity index is 1.67. The highest BCUT2D eigenvalue weighted by atomic mass is 28.3. The number of fused-ring (bicyclic) bond motifs is 5. The average molecular weight is 403 g/mol. The maximum absolute atomic E-state index is 13.5. The van der Waals surface area contributed by atoms with Crippen molar-refractivity contribution in [2.75, 3.05) is 0 Å². The van der Waals surface area contributed by atoms with E-state index >= 15 is 0 Å². The Bertz CT molecular complexity index is 626. The quantitative estimate of drug-likeness (QED) is 0.377. The molecule has 1 unspecified atom stereocenters. The van der Waals surface area contributed by atoms with Crippen molar-refractivity contribution in [1.29, 1.82) is 0 Å². The van der Waals surface area contributed by atoms with Gasteiger partial charge in [0, 0.05) is 6.42 Å². The number of Topliss-reactive ketones (excluding diaryl/α,β-unsaturated/α-hetero) is 1. The summed E-state index contributed by atoms with van der Waals surface area (Å²) in [5.41, 5.74) is 2.04. The number of hydrogen-bond acceptors (Lipinski definition) is 2. The fraction of sp³-hybridized carbons (Fsp3) is 0.880. The molecule has 6 atom stereocenters. The first-order valence-electron chi connectivity index (χ1n) is 12.3. The van der Waals surface area contributed by atoms with Gasteiger partial charge in [0.25, 0.3) is 0 Å². The van der Waals surface area contributed by atoms with Gasteiger partial charge in [-0.05, 0) is 87.6 Å². The Hall–Kier alpha value is -0.413. The molecule has 0 aliphatic heterocycles. The van der Waals surface area contributed by atoms with Gasteiger partial charge in [-0.2, -0.15) is 0 Å². The van der Waals surface area contributed by atoms with E-state index in [2.05, 4.69) is 33.0 Å².